The minimum atomic E-state index is -0.818. The lowest BCUT2D eigenvalue weighted by atomic mass is 10.0. The van der Waals surface area contributed by atoms with E-state index in [2.05, 4.69) is 0 Å². The summed E-state index contributed by atoms with van der Waals surface area (Å²) in [7, 11) is 0. The fraction of sp³-hybridized carbons (Fsp3) is 0.529. The van der Waals surface area contributed by atoms with Gasteiger partial charge in [-0.3, -0.25) is 14.5 Å². The highest BCUT2D eigenvalue weighted by Gasteiger charge is 2.27. The van der Waals surface area contributed by atoms with Crippen molar-refractivity contribution in [2.24, 2.45) is 0 Å². The standard InChI is InChI=1S/C17H23FN2O3/c1-2-19(12-17(22)23)15-7-9-20(10-8-15)16(21)11-13-3-5-14(18)6-4-13/h3-6,15H,2,7-12H2,1H3,(H,22,23). The van der Waals surface area contributed by atoms with Crippen LogP contribution in [0.5, 0.6) is 0 Å². The van der Waals surface area contributed by atoms with Gasteiger partial charge in [0.25, 0.3) is 0 Å². The van der Waals surface area contributed by atoms with Gasteiger partial charge in [0.05, 0.1) is 13.0 Å². The molecule has 5 nitrogen and oxygen atoms in total. The van der Waals surface area contributed by atoms with Gasteiger partial charge in [0.15, 0.2) is 0 Å². The summed E-state index contributed by atoms with van der Waals surface area (Å²) in [4.78, 5) is 26.9. The van der Waals surface area contributed by atoms with Crippen LogP contribution in [0.25, 0.3) is 0 Å². The lowest BCUT2D eigenvalue weighted by Crippen LogP contribution is -2.48. The monoisotopic (exact) mass is 322 g/mol. The van der Waals surface area contributed by atoms with Crippen molar-refractivity contribution in [1.82, 2.24) is 9.80 Å². The first-order valence-electron chi connectivity index (χ1n) is 7.97. The molecule has 0 atom stereocenters. The molecule has 1 saturated heterocycles. The molecule has 0 aromatic heterocycles. The molecule has 1 heterocycles. The molecule has 1 aromatic carbocycles. The molecule has 1 N–H and O–H groups in total. The molecule has 2 rings (SSSR count). The third-order valence-corrected chi connectivity index (χ3v) is 4.35. The Balaban J connectivity index is 1.84. The van der Waals surface area contributed by atoms with E-state index in [1.165, 1.54) is 12.1 Å². The third kappa shape index (κ3) is 5.03. The molecule has 6 heteroatoms. The van der Waals surface area contributed by atoms with Crippen LogP contribution in [0.15, 0.2) is 24.3 Å². The largest absolute Gasteiger partial charge is 0.480 e. The van der Waals surface area contributed by atoms with Crippen LogP contribution in [0.1, 0.15) is 25.3 Å². The maximum absolute atomic E-state index is 12.9. The number of likely N-dealkylation sites (N-methyl/N-ethyl adjacent to an activating group) is 1. The van der Waals surface area contributed by atoms with Crippen LogP contribution in [0.3, 0.4) is 0 Å². The number of carbonyl (C=O) groups excluding carboxylic acids is 1. The number of piperidine rings is 1. The summed E-state index contributed by atoms with van der Waals surface area (Å²) in [6.07, 6.45) is 1.85. The number of carboxylic acid groups (broad SMARTS) is 1. The van der Waals surface area contributed by atoms with E-state index in [0.717, 1.165) is 18.4 Å². The Hall–Kier alpha value is -1.95. The highest BCUT2D eigenvalue weighted by molar-refractivity contribution is 5.78. The number of hydrogen-bond acceptors (Lipinski definition) is 3. The fourth-order valence-electron chi connectivity index (χ4n) is 3.04. The zero-order valence-corrected chi connectivity index (χ0v) is 13.4. The quantitative estimate of drug-likeness (QED) is 0.867. The van der Waals surface area contributed by atoms with Crippen molar-refractivity contribution in [2.75, 3.05) is 26.2 Å². The van der Waals surface area contributed by atoms with Crippen molar-refractivity contribution in [3.63, 3.8) is 0 Å². The first-order valence-corrected chi connectivity index (χ1v) is 7.97. The van der Waals surface area contributed by atoms with E-state index in [1.54, 1.807) is 12.1 Å². The minimum Gasteiger partial charge on any atom is -0.480 e. The number of hydrogen-bond donors (Lipinski definition) is 1. The topological polar surface area (TPSA) is 60.9 Å². The van der Waals surface area contributed by atoms with Crippen LogP contribution in [0.2, 0.25) is 0 Å². The molecule has 1 fully saturated rings. The SMILES string of the molecule is CCN(CC(=O)O)C1CCN(C(=O)Cc2ccc(F)cc2)CC1. The second kappa shape index (κ2) is 8.06. The van der Waals surface area contributed by atoms with Gasteiger partial charge in [0, 0.05) is 19.1 Å². The Labute approximate surface area is 135 Å². The molecule has 1 aromatic rings. The van der Waals surface area contributed by atoms with Gasteiger partial charge in [-0.25, -0.2) is 4.39 Å². The van der Waals surface area contributed by atoms with Crippen molar-refractivity contribution >= 4 is 11.9 Å². The van der Waals surface area contributed by atoms with E-state index in [4.69, 9.17) is 5.11 Å². The Morgan fingerprint density at radius 2 is 1.87 bits per heavy atom. The zero-order chi connectivity index (χ0) is 16.8. The zero-order valence-electron chi connectivity index (χ0n) is 13.4. The number of likely N-dealkylation sites (tertiary alicyclic amines) is 1. The summed E-state index contributed by atoms with van der Waals surface area (Å²) in [5.74, 6) is -1.09. The van der Waals surface area contributed by atoms with E-state index in [0.29, 0.717) is 19.6 Å². The summed E-state index contributed by atoms with van der Waals surface area (Å²) < 4.78 is 12.9. The molecular formula is C17H23FN2O3. The number of aliphatic carboxylic acids is 1. The van der Waals surface area contributed by atoms with Crippen LogP contribution < -0.4 is 0 Å². The van der Waals surface area contributed by atoms with Crippen LogP contribution >= 0.6 is 0 Å². The molecule has 0 spiro atoms. The molecule has 1 amide bonds. The van der Waals surface area contributed by atoms with Crippen molar-refractivity contribution < 1.29 is 19.1 Å². The molecule has 0 saturated carbocycles. The molecular weight excluding hydrogens is 299 g/mol. The van der Waals surface area contributed by atoms with Crippen molar-refractivity contribution in [3.8, 4) is 0 Å². The number of rotatable bonds is 6. The molecule has 0 bridgehead atoms. The summed E-state index contributed by atoms with van der Waals surface area (Å²) in [6.45, 7) is 3.97. The molecule has 0 radical (unpaired) electrons. The van der Waals surface area contributed by atoms with E-state index in [9.17, 15) is 14.0 Å². The third-order valence-electron chi connectivity index (χ3n) is 4.35. The summed E-state index contributed by atoms with van der Waals surface area (Å²) in [5, 5.41) is 8.94. The van der Waals surface area contributed by atoms with E-state index in [-0.39, 0.29) is 30.7 Å². The number of amides is 1. The second-order valence-electron chi connectivity index (χ2n) is 5.87. The van der Waals surface area contributed by atoms with Gasteiger partial charge in [0.1, 0.15) is 5.82 Å². The van der Waals surface area contributed by atoms with Crippen LogP contribution in [-0.4, -0.2) is 59.0 Å². The first-order chi connectivity index (χ1) is 11.0. The van der Waals surface area contributed by atoms with Crippen LogP contribution in [-0.2, 0) is 16.0 Å². The van der Waals surface area contributed by atoms with Gasteiger partial charge < -0.3 is 10.0 Å². The van der Waals surface area contributed by atoms with Gasteiger partial charge in [-0.2, -0.15) is 0 Å². The van der Waals surface area contributed by atoms with E-state index >= 15 is 0 Å². The number of benzene rings is 1. The van der Waals surface area contributed by atoms with Crippen molar-refractivity contribution in [3.05, 3.63) is 35.6 Å². The molecule has 0 unspecified atom stereocenters. The highest BCUT2D eigenvalue weighted by Crippen LogP contribution is 2.17. The summed E-state index contributed by atoms with van der Waals surface area (Å²) >= 11 is 0. The number of carbonyl (C=O) groups is 2. The Kier molecular flexibility index (Phi) is 6.10. The smallest absolute Gasteiger partial charge is 0.317 e. The average Bonchev–Trinajstić information content (AvgIpc) is 2.54. The second-order valence-corrected chi connectivity index (χ2v) is 5.87. The average molecular weight is 322 g/mol. The van der Waals surface area contributed by atoms with Gasteiger partial charge in [0.2, 0.25) is 5.91 Å². The van der Waals surface area contributed by atoms with Gasteiger partial charge in [-0.05, 0) is 37.1 Å². The minimum absolute atomic E-state index is 0.0383. The van der Waals surface area contributed by atoms with Gasteiger partial charge in [-0.1, -0.05) is 19.1 Å². The fourth-order valence-corrected chi connectivity index (χ4v) is 3.04. The maximum Gasteiger partial charge on any atom is 0.317 e. The first kappa shape index (κ1) is 17.4. The van der Waals surface area contributed by atoms with Crippen molar-refractivity contribution in [1.29, 1.82) is 0 Å². The predicted octanol–water partition coefficient (Wildman–Crippen LogP) is 1.77. The van der Waals surface area contributed by atoms with E-state index < -0.39 is 5.97 Å². The Bertz CT molecular complexity index is 539. The number of carboxylic acids is 1. The molecule has 23 heavy (non-hydrogen) atoms. The summed E-state index contributed by atoms with van der Waals surface area (Å²) in [6, 6.07) is 6.20. The van der Waals surface area contributed by atoms with Crippen molar-refractivity contribution in [2.45, 2.75) is 32.2 Å². The lowest BCUT2D eigenvalue weighted by Gasteiger charge is -2.37. The maximum atomic E-state index is 12.9. The molecule has 126 valence electrons. The Morgan fingerprint density at radius 1 is 1.26 bits per heavy atom. The van der Waals surface area contributed by atoms with E-state index in [1.807, 2.05) is 16.7 Å². The number of nitrogens with zero attached hydrogens (tertiary/aromatic N) is 2. The normalized spacial score (nSPS) is 15.9. The van der Waals surface area contributed by atoms with Gasteiger partial charge in [-0.15, -0.1) is 0 Å². The van der Waals surface area contributed by atoms with Gasteiger partial charge >= 0.3 is 5.97 Å². The molecule has 1 aliphatic heterocycles. The number of halogens is 1. The molecule has 0 aliphatic carbocycles. The lowest BCUT2D eigenvalue weighted by molar-refractivity contribution is -0.140. The van der Waals surface area contributed by atoms with Crippen LogP contribution in [0.4, 0.5) is 4.39 Å². The van der Waals surface area contributed by atoms with Crippen LogP contribution in [0, 0.1) is 5.82 Å². The highest BCUT2D eigenvalue weighted by atomic mass is 19.1. The summed E-state index contributed by atoms with van der Waals surface area (Å²) in [5.41, 5.74) is 0.805. The predicted molar refractivity (Wildman–Crippen MR) is 84.6 cm³/mol. The molecule has 1 aliphatic rings. The Morgan fingerprint density at radius 3 is 2.39 bits per heavy atom.